The Labute approximate surface area is 139 Å². The van der Waals surface area contributed by atoms with E-state index < -0.39 is 0 Å². The highest BCUT2D eigenvalue weighted by molar-refractivity contribution is 14.1. The van der Waals surface area contributed by atoms with Crippen molar-refractivity contribution in [3.05, 3.63) is 55.8 Å². The van der Waals surface area contributed by atoms with Crippen LogP contribution in [0.5, 0.6) is 0 Å². The van der Waals surface area contributed by atoms with Crippen molar-refractivity contribution >= 4 is 45.3 Å². The largest absolute Gasteiger partial charge is 0.442 e. The Morgan fingerprint density at radius 1 is 1.36 bits per heavy atom. The Morgan fingerprint density at radius 3 is 2.82 bits per heavy atom. The molecule has 112 valence electrons. The van der Waals surface area contributed by atoms with E-state index in [-0.39, 0.29) is 28.1 Å². The number of rotatable bonds is 2. The summed E-state index contributed by atoms with van der Waals surface area (Å²) in [4.78, 5) is 28.9. The van der Waals surface area contributed by atoms with Crippen molar-refractivity contribution in [2.45, 2.75) is 6.92 Å². The molecule has 0 bridgehead atoms. The maximum atomic E-state index is 12.6. The first-order valence-corrected chi connectivity index (χ1v) is 7.57. The molecule has 0 atom stereocenters. The molecule has 0 aliphatic heterocycles. The van der Waals surface area contributed by atoms with Gasteiger partial charge in [-0.2, -0.15) is 0 Å². The summed E-state index contributed by atoms with van der Waals surface area (Å²) in [5.74, 6) is -0.0142. The van der Waals surface area contributed by atoms with E-state index in [4.69, 9.17) is 4.42 Å². The van der Waals surface area contributed by atoms with Crippen LogP contribution in [0.4, 0.5) is 5.69 Å². The second-order valence-corrected chi connectivity index (χ2v) is 5.97. The zero-order valence-electron chi connectivity index (χ0n) is 11.9. The first-order valence-electron chi connectivity index (χ1n) is 6.49. The van der Waals surface area contributed by atoms with Gasteiger partial charge in [-0.1, -0.05) is 12.1 Å². The SMILES string of the molecule is Cc1oc2ncn(C)c(=O)c2c1C(=O)Nc1ccccc1I. The van der Waals surface area contributed by atoms with Crippen molar-refractivity contribution in [1.29, 1.82) is 0 Å². The number of hydrogen-bond acceptors (Lipinski definition) is 4. The number of aromatic nitrogens is 2. The molecule has 3 aromatic rings. The summed E-state index contributed by atoms with van der Waals surface area (Å²) in [6.45, 7) is 1.64. The van der Waals surface area contributed by atoms with Crippen LogP contribution in [0.25, 0.3) is 11.1 Å². The molecule has 22 heavy (non-hydrogen) atoms. The minimum Gasteiger partial charge on any atom is -0.442 e. The molecule has 0 spiro atoms. The summed E-state index contributed by atoms with van der Waals surface area (Å²) < 4.78 is 7.66. The molecular formula is C15H12IN3O3. The molecule has 0 saturated carbocycles. The minimum atomic E-state index is -0.384. The number of halogens is 1. The number of hydrogen-bond donors (Lipinski definition) is 1. The fourth-order valence-electron chi connectivity index (χ4n) is 2.21. The average molecular weight is 409 g/mol. The molecule has 0 unspecified atom stereocenters. The van der Waals surface area contributed by atoms with E-state index in [0.29, 0.717) is 11.4 Å². The molecule has 2 aromatic heterocycles. The van der Waals surface area contributed by atoms with E-state index in [0.717, 1.165) is 3.57 Å². The maximum absolute atomic E-state index is 12.6. The third-order valence-electron chi connectivity index (χ3n) is 3.30. The van der Waals surface area contributed by atoms with E-state index in [1.165, 1.54) is 10.9 Å². The first kappa shape index (κ1) is 14.8. The monoisotopic (exact) mass is 409 g/mol. The molecule has 3 rings (SSSR count). The van der Waals surface area contributed by atoms with E-state index in [9.17, 15) is 9.59 Å². The molecule has 0 saturated heterocycles. The number of aryl methyl sites for hydroxylation is 2. The van der Waals surface area contributed by atoms with Gasteiger partial charge in [0.25, 0.3) is 11.5 Å². The Morgan fingerprint density at radius 2 is 2.09 bits per heavy atom. The number of benzene rings is 1. The number of nitrogens with one attached hydrogen (secondary N) is 1. The highest BCUT2D eigenvalue weighted by Crippen LogP contribution is 2.23. The lowest BCUT2D eigenvalue weighted by Crippen LogP contribution is -2.20. The van der Waals surface area contributed by atoms with Crippen LogP contribution >= 0.6 is 22.6 Å². The van der Waals surface area contributed by atoms with Crippen molar-refractivity contribution < 1.29 is 9.21 Å². The molecule has 1 aromatic carbocycles. The Kier molecular flexibility index (Phi) is 3.73. The summed E-state index contributed by atoms with van der Waals surface area (Å²) in [6.07, 6.45) is 1.37. The quantitative estimate of drug-likeness (QED) is 0.661. The van der Waals surface area contributed by atoms with E-state index in [1.54, 1.807) is 20.0 Å². The van der Waals surface area contributed by atoms with Crippen molar-refractivity contribution in [1.82, 2.24) is 9.55 Å². The third kappa shape index (κ3) is 2.41. The van der Waals surface area contributed by atoms with Crippen LogP contribution in [0.15, 0.2) is 39.8 Å². The highest BCUT2D eigenvalue weighted by atomic mass is 127. The van der Waals surface area contributed by atoms with E-state index >= 15 is 0 Å². The molecule has 0 radical (unpaired) electrons. The normalized spacial score (nSPS) is 10.9. The summed E-state index contributed by atoms with van der Waals surface area (Å²) >= 11 is 2.13. The molecular weight excluding hydrogens is 397 g/mol. The smallest absolute Gasteiger partial charge is 0.265 e. The van der Waals surface area contributed by atoms with Crippen LogP contribution in [0.2, 0.25) is 0 Å². The first-order chi connectivity index (χ1) is 10.5. The standard InChI is InChI=1S/C15H12IN3O3/c1-8-11(12-14(22-8)17-7-19(2)15(12)21)13(20)18-10-6-4-3-5-9(10)16/h3-7H,1-2H3,(H,18,20). The summed E-state index contributed by atoms with van der Waals surface area (Å²) in [5, 5.41) is 3.01. The number of fused-ring (bicyclic) bond motifs is 1. The second kappa shape index (κ2) is 5.56. The van der Waals surface area contributed by atoms with Gasteiger partial charge < -0.3 is 14.3 Å². The zero-order chi connectivity index (χ0) is 15.9. The number of carbonyl (C=O) groups excluding carboxylic acids is 1. The molecule has 0 aliphatic carbocycles. The van der Waals surface area contributed by atoms with Gasteiger partial charge in [-0.05, 0) is 41.6 Å². The lowest BCUT2D eigenvalue weighted by atomic mass is 10.1. The van der Waals surface area contributed by atoms with Crippen LogP contribution in [0.3, 0.4) is 0 Å². The van der Waals surface area contributed by atoms with Gasteiger partial charge >= 0.3 is 0 Å². The fraction of sp³-hybridized carbons (Fsp3) is 0.133. The van der Waals surface area contributed by atoms with Crippen molar-refractivity contribution in [2.24, 2.45) is 7.05 Å². The second-order valence-electron chi connectivity index (χ2n) is 4.81. The van der Waals surface area contributed by atoms with Gasteiger partial charge in [0.05, 0.1) is 11.3 Å². The van der Waals surface area contributed by atoms with Gasteiger partial charge in [0.1, 0.15) is 17.5 Å². The predicted molar refractivity (Wildman–Crippen MR) is 91.1 cm³/mol. The Balaban J connectivity index is 2.12. The molecule has 6 nitrogen and oxygen atoms in total. The van der Waals surface area contributed by atoms with Gasteiger partial charge in [0.15, 0.2) is 0 Å². The topological polar surface area (TPSA) is 77.1 Å². The van der Waals surface area contributed by atoms with E-state index in [1.807, 2.05) is 18.2 Å². The minimum absolute atomic E-state index is 0.175. The number of nitrogens with zero attached hydrogens (tertiary/aromatic N) is 2. The molecule has 0 fully saturated rings. The lowest BCUT2D eigenvalue weighted by molar-refractivity contribution is 0.102. The van der Waals surface area contributed by atoms with Crippen molar-refractivity contribution in [3.8, 4) is 0 Å². The number of amides is 1. The third-order valence-corrected chi connectivity index (χ3v) is 4.24. The molecule has 1 N–H and O–H groups in total. The molecule has 7 heteroatoms. The summed E-state index contributed by atoms with van der Waals surface area (Å²) in [7, 11) is 1.58. The number of anilines is 1. The summed E-state index contributed by atoms with van der Waals surface area (Å²) in [5.41, 5.74) is 0.772. The van der Waals surface area contributed by atoms with Crippen LogP contribution in [0.1, 0.15) is 16.1 Å². The zero-order valence-corrected chi connectivity index (χ0v) is 14.0. The Hall–Kier alpha value is -2.16. The summed E-state index contributed by atoms with van der Waals surface area (Å²) in [6, 6.07) is 7.40. The van der Waals surface area contributed by atoms with Gasteiger partial charge in [0.2, 0.25) is 5.71 Å². The highest BCUT2D eigenvalue weighted by Gasteiger charge is 2.22. The van der Waals surface area contributed by atoms with Crippen molar-refractivity contribution in [3.63, 3.8) is 0 Å². The molecule has 1 amide bonds. The van der Waals surface area contributed by atoms with Gasteiger partial charge in [-0.15, -0.1) is 0 Å². The van der Waals surface area contributed by atoms with Gasteiger partial charge in [-0.25, -0.2) is 4.98 Å². The van der Waals surface area contributed by atoms with Gasteiger partial charge in [0, 0.05) is 10.6 Å². The average Bonchev–Trinajstić information content (AvgIpc) is 2.82. The van der Waals surface area contributed by atoms with Crippen LogP contribution in [-0.4, -0.2) is 15.5 Å². The lowest BCUT2D eigenvalue weighted by Gasteiger charge is -2.06. The molecule has 0 aliphatic rings. The predicted octanol–water partition coefficient (Wildman–Crippen LogP) is 2.69. The maximum Gasteiger partial charge on any atom is 0.265 e. The van der Waals surface area contributed by atoms with Crippen molar-refractivity contribution in [2.75, 3.05) is 5.32 Å². The van der Waals surface area contributed by atoms with Crippen LogP contribution in [0, 0.1) is 10.5 Å². The number of furan rings is 1. The van der Waals surface area contributed by atoms with E-state index in [2.05, 4.69) is 32.9 Å². The van der Waals surface area contributed by atoms with Gasteiger partial charge in [-0.3, -0.25) is 9.59 Å². The number of para-hydroxylation sites is 1. The number of carbonyl (C=O) groups is 1. The fourth-order valence-corrected chi connectivity index (χ4v) is 2.73. The molecule has 2 heterocycles. The van der Waals surface area contributed by atoms with Crippen LogP contribution < -0.4 is 10.9 Å². The van der Waals surface area contributed by atoms with Crippen LogP contribution in [-0.2, 0) is 7.05 Å². The Bertz CT molecular complexity index is 943.